The van der Waals surface area contributed by atoms with Crippen molar-refractivity contribution in [3.05, 3.63) is 65.2 Å². The van der Waals surface area contributed by atoms with Crippen LogP contribution in [0, 0.1) is 18.8 Å². The summed E-state index contributed by atoms with van der Waals surface area (Å²) >= 11 is 0. The fourth-order valence-electron chi connectivity index (χ4n) is 1.80. The molecule has 0 aliphatic carbocycles. The lowest BCUT2D eigenvalue weighted by atomic mass is 10.1. The highest BCUT2D eigenvalue weighted by atomic mass is 16.5. The average Bonchev–Trinajstić information content (AvgIpc) is 2.46. The smallest absolute Gasteiger partial charge is 0.159 e. The van der Waals surface area contributed by atoms with Gasteiger partial charge in [0.2, 0.25) is 0 Å². The van der Waals surface area contributed by atoms with Crippen molar-refractivity contribution < 1.29 is 9.53 Å². The maximum Gasteiger partial charge on any atom is 0.159 e. The van der Waals surface area contributed by atoms with Crippen LogP contribution >= 0.6 is 0 Å². The molecule has 0 aromatic heterocycles. The van der Waals surface area contributed by atoms with Gasteiger partial charge in [0, 0.05) is 11.1 Å². The molecular weight excluding hydrogens is 248 g/mol. The fourth-order valence-corrected chi connectivity index (χ4v) is 1.80. The topological polar surface area (TPSA) is 26.3 Å². The number of aryl methyl sites for hydroxylation is 1. The van der Waals surface area contributed by atoms with Crippen LogP contribution in [0.5, 0.6) is 5.75 Å². The van der Waals surface area contributed by atoms with Gasteiger partial charge >= 0.3 is 0 Å². The first-order valence-corrected chi connectivity index (χ1v) is 6.45. The Hall–Kier alpha value is -2.53. The van der Waals surface area contributed by atoms with Gasteiger partial charge in [-0.05, 0) is 49.7 Å². The van der Waals surface area contributed by atoms with Gasteiger partial charge in [-0.15, -0.1) is 0 Å². The Morgan fingerprint density at radius 3 is 2.55 bits per heavy atom. The monoisotopic (exact) mass is 264 g/mol. The zero-order valence-corrected chi connectivity index (χ0v) is 11.6. The van der Waals surface area contributed by atoms with Gasteiger partial charge in [0.1, 0.15) is 12.4 Å². The molecule has 2 nitrogen and oxygen atoms in total. The molecule has 0 radical (unpaired) electrons. The third kappa shape index (κ3) is 3.73. The number of rotatable bonds is 3. The van der Waals surface area contributed by atoms with E-state index in [1.54, 1.807) is 13.0 Å². The van der Waals surface area contributed by atoms with Crippen LogP contribution in [0.25, 0.3) is 0 Å². The summed E-state index contributed by atoms with van der Waals surface area (Å²) < 4.78 is 5.61. The zero-order valence-electron chi connectivity index (χ0n) is 11.6. The summed E-state index contributed by atoms with van der Waals surface area (Å²) in [5.41, 5.74) is 2.61. The molecule has 0 bridgehead atoms. The van der Waals surface area contributed by atoms with Crippen LogP contribution in [0.3, 0.4) is 0 Å². The van der Waals surface area contributed by atoms with Gasteiger partial charge in [-0.2, -0.15) is 0 Å². The second kappa shape index (κ2) is 6.58. The van der Waals surface area contributed by atoms with E-state index in [0.29, 0.717) is 12.2 Å². The number of ketones is 1. The third-order valence-electron chi connectivity index (χ3n) is 2.89. The Bertz CT molecular complexity index is 661. The van der Waals surface area contributed by atoms with E-state index in [9.17, 15) is 4.79 Å². The third-order valence-corrected chi connectivity index (χ3v) is 2.89. The van der Waals surface area contributed by atoms with E-state index >= 15 is 0 Å². The molecule has 0 N–H and O–H groups in total. The second-order valence-corrected chi connectivity index (χ2v) is 4.49. The predicted molar refractivity (Wildman–Crippen MR) is 80.0 cm³/mol. The van der Waals surface area contributed by atoms with Crippen LogP contribution in [0.15, 0.2) is 48.5 Å². The highest BCUT2D eigenvalue weighted by Gasteiger charge is 2.03. The van der Waals surface area contributed by atoms with Gasteiger partial charge in [-0.1, -0.05) is 30.0 Å². The van der Waals surface area contributed by atoms with E-state index < -0.39 is 0 Å². The first-order chi connectivity index (χ1) is 9.66. The Balaban J connectivity index is 1.98. The summed E-state index contributed by atoms with van der Waals surface area (Å²) in [6.07, 6.45) is 0. The number of hydrogen-bond donors (Lipinski definition) is 0. The molecule has 0 fully saturated rings. The van der Waals surface area contributed by atoms with Crippen molar-refractivity contribution in [2.45, 2.75) is 13.8 Å². The number of benzene rings is 2. The maximum atomic E-state index is 11.3. The molecule has 20 heavy (non-hydrogen) atoms. The minimum absolute atomic E-state index is 0.0588. The number of ether oxygens (including phenoxy) is 1. The van der Waals surface area contributed by atoms with Crippen molar-refractivity contribution in [1.82, 2.24) is 0 Å². The van der Waals surface area contributed by atoms with Crippen LogP contribution in [-0.4, -0.2) is 12.4 Å². The quantitative estimate of drug-likeness (QED) is 0.625. The number of carbonyl (C=O) groups is 1. The van der Waals surface area contributed by atoms with Crippen molar-refractivity contribution in [1.29, 1.82) is 0 Å². The second-order valence-electron chi connectivity index (χ2n) is 4.49. The molecule has 0 saturated carbocycles. The number of carbonyl (C=O) groups excluding carboxylic acids is 1. The highest BCUT2D eigenvalue weighted by Crippen LogP contribution is 2.19. The van der Waals surface area contributed by atoms with Gasteiger partial charge in [0.25, 0.3) is 0 Å². The van der Waals surface area contributed by atoms with Crippen molar-refractivity contribution >= 4 is 5.78 Å². The van der Waals surface area contributed by atoms with E-state index in [-0.39, 0.29) is 5.78 Å². The van der Waals surface area contributed by atoms with Crippen molar-refractivity contribution in [3.63, 3.8) is 0 Å². The lowest BCUT2D eigenvalue weighted by molar-refractivity contribution is 0.101. The highest BCUT2D eigenvalue weighted by molar-refractivity contribution is 5.94. The van der Waals surface area contributed by atoms with E-state index in [1.807, 2.05) is 49.4 Å². The summed E-state index contributed by atoms with van der Waals surface area (Å²) in [7, 11) is 0. The first kappa shape index (κ1) is 13.9. The van der Waals surface area contributed by atoms with Gasteiger partial charge in [-0.3, -0.25) is 4.79 Å². The van der Waals surface area contributed by atoms with Crippen LogP contribution in [-0.2, 0) is 0 Å². The Labute approximate surface area is 119 Å². The van der Waals surface area contributed by atoms with Gasteiger partial charge < -0.3 is 4.74 Å². The molecule has 2 aromatic carbocycles. The zero-order chi connectivity index (χ0) is 14.4. The van der Waals surface area contributed by atoms with E-state index in [0.717, 1.165) is 16.9 Å². The summed E-state index contributed by atoms with van der Waals surface area (Å²) in [6, 6.07) is 15.2. The predicted octanol–water partition coefficient (Wildman–Crippen LogP) is 3.63. The Morgan fingerprint density at radius 1 is 1.15 bits per heavy atom. The normalized spacial score (nSPS) is 9.50. The Kier molecular flexibility index (Phi) is 4.57. The fraction of sp³-hybridized carbons (Fsp3) is 0.167. The molecule has 0 unspecified atom stereocenters. The summed E-state index contributed by atoms with van der Waals surface area (Å²) in [5, 5.41) is 0. The summed E-state index contributed by atoms with van der Waals surface area (Å²) in [4.78, 5) is 11.3. The van der Waals surface area contributed by atoms with Gasteiger partial charge in [-0.25, -0.2) is 0 Å². The van der Waals surface area contributed by atoms with E-state index in [2.05, 4.69) is 11.8 Å². The average molecular weight is 264 g/mol. The van der Waals surface area contributed by atoms with Crippen molar-refractivity contribution in [2.75, 3.05) is 6.61 Å². The number of hydrogen-bond acceptors (Lipinski definition) is 2. The maximum absolute atomic E-state index is 11.3. The minimum Gasteiger partial charge on any atom is -0.481 e. The molecule has 0 heterocycles. The Morgan fingerprint density at radius 2 is 1.90 bits per heavy atom. The molecule has 0 atom stereocenters. The van der Waals surface area contributed by atoms with Crippen LogP contribution in [0.1, 0.15) is 28.4 Å². The van der Waals surface area contributed by atoms with E-state index in [4.69, 9.17) is 4.74 Å². The lowest BCUT2D eigenvalue weighted by Crippen LogP contribution is -1.98. The standard InChI is InChI=1S/C18H16O2/c1-14-13-17(15(2)19)10-11-18(14)20-12-6-9-16-7-4-3-5-8-16/h3-5,7-8,10-11,13H,12H2,1-2H3. The molecule has 0 aliphatic heterocycles. The molecular formula is C18H16O2. The summed E-state index contributed by atoms with van der Waals surface area (Å²) in [6.45, 7) is 3.81. The van der Waals surface area contributed by atoms with Crippen molar-refractivity contribution in [3.8, 4) is 17.6 Å². The SMILES string of the molecule is CC(=O)c1ccc(OCC#Cc2ccccc2)c(C)c1. The molecule has 2 heteroatoms. The minimum atomic E-state index is 0.0588. The lowest BCUT2D eigenvalue weighted by Gasteiger charge is -2.07. The van der Waals surface area contributed by atoms with Crippen LogP contribution in [0.2, 0.25) is 0 Å². The molecule has 0 spiro atoms. The molecule has 2 rings (SSSR count). The molecule has 0 saturated heterocycles. The number of Topliss-reactive ketones (excluding diaryl/α,β-unsaturated/α-hetero) is 1. The first-order valence-electron chi connectivity index (χ1n) is 6.45. The molecule has 2 aromatic rings. The van der Waals surface area contributed by atoms with Crippen LogP contribution < -0.4 is 4.74 Å². The largest absolute Gasteiger partial charge is 0.481 e. The molecule has 100 valence electrons. The summed E-state index contributed by atoms with van der Waals surface area (Å²) in [5.74, 6) is 6.83. The molecule has 0 aliphatic rings. The van der Waals surface area contributed by atoms with Gasteiger partial charge in [0.15, 0.2) is 5.78 Å². The van der Waals surface area contributed by atoms with Gasteiger partial charge in [0.05, 0.1) is 0 Å². The van der Waals surface area contributed by atoms with Crippen molar-refractivity contribution in [2.24, 2.45) is 0 Å². The van der Waals surface area contributed by atoms with E-state index in [1.165, 1.54) is 0 Å². The van der Waals surface area contributed by atoms with Crippen LogP contribution in [0.4, 0.5) is 0 Å². The molecule has 0 amide bonds.